The van der Waals surface area contributed by atoms with Crippen LogP contribution in [0.1, 0.15) is 18.5 Å². The summed E-state index contributed by atoms with van der Waals surface area (Å²) in [6, 6.07) is 13.3. The predicted octanol–water partition coefficient (Wildman–Crippen LogP) is 3.61. The van der Waals surface area contributed by atoms with Crippen LogP contribution in [0.25, 0.3) is 0 Å². The number of carbonyl (C=O) groups excluding carboxylic acids is 1. The summed E-state index contributed by atoms with van der Waals surface area (Å²) >= 11 is 3.38. The third-order valence-electron chi connectivity index (χ3n) is 3.15. The van der Waals surface area contributed by atoms with Crippen molar-refractivity contribution in [2.45, 2.75) is 13.0 Å². The zero-order valence-corrected chi connectivity index (χ0v) is 13.9. The molecule has 2 aromatic carbocycles. The van der Waals surface area contributed by atoms with Gasteiger partial charge in [0.05, 0.1) is 11.0 Å². The van der Waals surface area contributed by atoms with E-state index in [9.17, 15) is 14.9 Å². The number of nitrogens with zero attached hydrogens (tertiary/aromatic N) is 1. The van der Waals surface area contributed by atoms with Gasteiger partial charge in [-0.3, -0.25) is 14.9 Å². The van der Waals surface area contributed by atoms with Crippen molar-refractivity contribution in [1.29, 1.82) is 0 Å². The zero-order valence-electron chi connectivity index (χ0n) is 12.4. The fraction of sp³-hybridized carbons (Fsp3) is 0.188. The molecule has 0 aromatic heterocycles. The van der Waals surface area contributed by atoms with Crippen LogP contribution in [-0.2, 0) is 4.79 Å². The predicted molar refractivity (Wildman–Crippen MR) is 89.3 cm³/mol. The summed E-state index contributed by atoms with van der Waals surface area (Å²) in [6.45, 7) is 1.56. The van der Waals surface area contributed by atoms with E-state index < -0.39 is 4.92 Å². The molecule has 0 aliphatic carbocycles. The first-order chi connectivity index (χ1) is 11.0. The highest BCUT2D eigenvalue weighted by Crippen LogP contribution is 2.25. The molecule has 120 valence electrons. The van der Waals surface area contributed by atoms with Crippen LogP contribution < -0.4 is 10.1 Å². The smallest absolute Gasteiger partial charge is 0.310 e. The van der Waals surface area contributed by atoms with E-state index in [-0.39, 0.29) is 30.0 Å². The minimum absolute atomic E-state index is 0.0720. The molecule has 0 saturated carbocycles. The fourth-order valence-corrected chi connectivity index (χ4v) is 2.43. The Kier molecular flexibility index (Phi) is 5.70. The molecule has 23 heavy (non-hydrogen) atoms. The van der Waals surface area contributed by atoms with Gasteiger partial charge in [0.25, 0.3) is 5.91 Å². The van der Waals surface area contributed by atoms with E-state index in [1.54, 1.807) is 12.1 Å². The molecular weight excluding hydrogens is 364 g/mol. The van der Waals surface area contributed by atoms with Gasteiger partial charge in [0.1, 0.15) is 0 Å². The number of hydrogen-bond donors (Lipinski definition) is 1. The Labute approximate surface area is 141 Å². The maximum Gasteiger partial charge on any atom is 0.310 e. The van der Waals surface area contributed by atoms with Crippen molar-refractivity contribution in [3.63, 3.8) is 0 Å². The van der Waals surface area contributed by atoms with Crippen molar-refractivity contribution in [2.75, 3.05) is 6.61 Å². The molecule has 7 heteroatoms. The summed E-state index contributed by atoms with van der Waals surface area (Å²) in [5.74, 6) is -0.279. The SMILES string of the molecule is CC(NC(=O)COc1ccccc1[N+](=O)[O-])c1cccc(Br)c1. The minimum Gasteiger partial charge on any atom is -0.477 e. The van der Waals surface area contributed by atoms with Crippen molar-refractivity contribution < 1.29 is 14.5 Å². The first kappa shape index (κ1) is 17.0. The topological polar surface area (TPSA) is 81.5 Å². The van der Waals surface area contributed by atoms with Crippen LogP contribution in [0.2, 0.25) is 0 Å². The highest BCUT2D eigenvalue weighted by molar-refractivity contribution is 9.10. The molecule has 0 bridgehead atoms. The highest BCUT2D eigenvalue weighted by Gasteiger charge is 2.16. The van der Waals surface area contributed by atoms with Crippen LogP contribution in [0.5, 0.6) is 5.75 Å². The number of ether oxygens (including phenoxy) is 1. The number of hydrogen-bond acceptors (Lipinski definition) is 4. The number of amides is 1. The van der Waals surface area contributed by atoms with Crippen LogP contribution in [0, 0.1) is 10.1 Å². The number of carbonyl (C=O) groups is 1. The second-order valence-corrected chi connectivity index (χ2v) is 5.77. The number of nitro benzene ring substituents is 1. The summed E-state index contributed by atoms with van der Waals surface area (Å²) < 4.78 is 6.18. The van der Waals surface area contributed by atoms with E-state index in [1.807, 2.05) is 31.2 Å². The number of halogens is 1. The van der Waals surface area contributed by atoms with Gasteiger partial charge in [0.2, 0.25) is 0 Å². The van der Waals surface area contributed by atoms with Gasteiger partial charge in [0, 0.05) is 10.5 Å². The lowest BCUT2D eigenvalue weighted by Gasteiger charge is -2.15. The Morgan fingerprint density at radius 2 is 2.04 bits per heavy atom. The monoisotopic (exact) mass is 378 g/mol. The van der Waals surface area contributed by atoms with Crippen molar-refractivity contribution >= 4 is 27.5 Å². The van der Waals surface area contributed by atoms with Crippen molar-refractivity contribution in [2.24, 2.45) is 0 Å². The van der Waals surface area contributed by atoms with E-state index >= 15 is 0 Å². The standard InChI is InChI=1S/C16H15BrN2O4/c1-11(12-5-4-6-13(17)9-12)18-16(20)10-23-15-8-3-2-7-14(15)19(21)22/h2-9,11H,10H2,1H3,(H,18,20). The Bertz CT molecular complexity index is 721. The summed E-state index contributed by atoms with van der Waals surface area (Å²) in [5.41, 5.74) is 0.777. The quantitative estimate of drug-likeness (QED) is 0.614. The summed E-state index contributed by atoms with van der Waals surface area (Å²) in [5, 5.41) is 13.7. The largest absolute Gasteiger partial charge is 0.477 e. The van der Waals surface area contributed by atoms with E-state index in [2.05, 4.69) is 21.2 Å². The molecule has 6 nitrogen and oxygen atoms in total. The van der Waals surface area contributed by atoms with E-state index in [0.717, 1.165) is 10.0 Å². The van der Waals surface area contributed by atoms with Crippen LogP contribution in [0.15, 0.2) is 53.0 Å². The molecule has 1 N–H and O–H groups in total. The lowest BCUT2D eigenvalue weighted by atomic mass is 10.1. The minimum atomic E-state index is -0.544. The molecule has 2 rings (SSSR count). The molecule has 0 radical (unpaired) electrons. The van der Waals surface area contributed by atoms with Gasteiger partial charge >= 0.3 is 5.69 Å². The van der Waals surface area contributed by atoms with Crippen LogP contribution in [0.4, 0.5) is 5.69 Å². The van der Waals surface area contributed by atoms with Gasteiger partial charge < -0.3 is 10.1 Å². The van der Waals surface area contributed by atoms with Crippen molar-refractivity contribution in [3.8, 4) is 5.75 Å². The molecule has 2 aromatic rings. The molecule has 0 aliphatic heterocycles. The molecule has 0 fully saturated rings. The fourth-order valence-electron chi connectivity index (χ4n) is 2.02. The average Bonchev–Trinajstić information content (AvgIpc) is 2.53. The lowest BCUT2D eigenvalue weighted by molar-refractivity contribution is -0.385. The van der Waals surface area contributed by atoms with Gasteiger partial charge in [-0.15, -0.1) is 0 Å². The maximum absolute atomic E-state index is 11.9. The van der Waals surface area contributed by atoms with E-state index in [1.165, 1.54) is 12.1 Å². The maximum atomic E-state index is 11.9. The van der Waals surface area contributed by atoms with E-state index in [0.29, 0.717) is 0 Å². The lowest BCUT2D eigenvalue weighted by Crippen LogP contribution is -2.31. The first-order valence-corrected chi connectivity index (χ1v) is 7.67. The summed E-state index contributed by atoms with van der Waals surface area (Å²) in [7, 11) is 0. The molecular formula is C16H15BrN2O4. The molecule has 0 spiro atoms. The van der Waals surface area contributed by atoms with Gasteiger partial charge in [-0.2, -0.15) is 0 Å². The molecule has 1 atom stereocenters. The van der Waals surface area contributed by atoms with Crippen LogP contribution in [0.3, 0.4) is 0 Å². The molecule has 1 amide bonds. The second-order valence-electron chi connectivity index (χ2n) is 4.86. The normalized spacial score (nSPS) is 11.6. The van der Waals surface area contributed by atoms with Crippen molar-refractivity contribution in [3.05, 3.63) is 68.7 Å². The summed E-state index contributed by atoms with van der Waals surface area (Å²) in [4.78, 5) is 22.3. The Morgan fingerprint density at radius 1 is 1.30 bits per heavy atom. The number of benzene rings is 2. The number of nitro groups is 1. The van der Waals surface area contributed by atoms with Crippen LogP contribution >= 0.6 is 15.9 Å². The molecule has 0 heterocycles. The van der Waals surface area contributed by atoms with Gasteiger partial charge in [-0.05, 0) is 30.7 Å². The second kappa shape index (κ2) is 7.73. The number of nitrogens with one attached hydrogen (secondary N) is 1. The third-order valence-corrected chi connectivity index (χ3v) is 3.64. The Hall–Kier alpha value is -2.41. The molecule has 0 aliphatic rings. The Balaban J connectivity index is 1.94. The number of rotatable bonds is 6. The molecule has 1 unspecified atom stereocenters. The van der Waals surface area contributed by atoms with Gasteiger partial charge in [-0.1, -0.05) is 40.2 Å². The Morgan fingerprint density at radius 3 is 2.74 bits per heavy atom. The highest BCUT2D eigenvalue weighted by atomic mass is 79.9. The van der Waals surface area contributed by atoms with Gasteiger partial charge in [-0.25, -0.2) is 0 Å². The first-order valence-electron chi connectivity index (χ1n) is 6.88. The molecule has 0 saturated heterocycles. The van der Waals surface area contributed by atoms with Crippen LogP contribution in [-0.4, -0.2) is 17.4 Å². The van der Waals surface area contributed by atoms with Gasteiger partial charge in [0.15, 0.2) is 12.4 Å². The summed E-state index contributed by atoms with van der Waals surface area (Å²) in [6.07, 6.45) is 0. The zero-order chi connectivity index (χ0) is 16.8. The van der Waals surface area contributed by atoms with E-state index in [4.69, 9.17) is 4.74 Å². The average molecular weight is 379 g/mol. The third kappa shape index (κ3) is 4.79. The van der Waals surface area contributed by atoms with Crippen molar-refractivity contribution in [1.82, 2.24) is 5.32 Å². The number of para-hydroxylation sites is 2.